The summed E-state index contributed by atoms with van der Waals surface area (Å²) in [7, 11) is 0. The fourth-order valence-electron chi connectivity index (χ4n) is 1.46. The Morgan fingerprint density at radius 2 is 2.06 bits per heavy atom. The van der Waals surface area contributed by atoms with Crippen molar-refractivity contribution < 1.29 is 9.90 Å². The Morgan fingerprint density at radius 1 is 1.41 bits per heavy atom. The zero-order valence-corrected chi connectivity index (χ0v) is 11.5. The zero-order chi connectivity index (χ0) is 12.8. The SMILES string of the molecule is CC(C)(C)c1nc2c(S)cc(C(=O)O)cc2s1. The molecular formula is C12H13NO2S2. The third kappa shape index (κ3) is 2.30. The van der Waals surface area contributed by atoms with Crippen LogP contribution >= 0.6 is 24.0 Å². The third-order valence-electron chi connectivity index (χ3n) is 2.36. The molecule has 0 radical (unpaired) electrons. The molecule has 1 aromatic carbocycles. The predicted molar refractivity (Wildman–Crippen MR) is 72.5 cm³/mol. The summed E-state index contributed by atoms with van der Waals surface area (Å²) in [4.78, 5) is 16.1. The summed E-state index contributed by atoms with van der Waals surface area (Å²) in [5.74, 6) is -0.937. The van der Waals surface area contributed by atoms with E-state index in [1.54, 1.807) is 12.1 Å². The van der Waals surface area contributed by atoms with Gasteiger partial charge in [-0.3, -0.25) is 0 Å². The number of carboxylic acids is 1. The molecule has 0 unspecified atom stereocenters. The van der Waals surface area contributed by atoms with Gasteiger partial charge in [0, 0.05) is 10.3 Å². The lowest BCUT2D eigenvalue weighted by atomic mass is 9.98. The minimum atomic E-state index is -0.937. The molecule has 0 saturated carbocycles. The van der Waals surface area contributed by atoms with Gasteiger partial charge in [0.05, 0.1) is 20.8 Å². The maximum absolute atomic E-state index is 11.0. The smallest absolute Gasteiger partial charge is 0.335 e. The highest BCUT2D eigenvalue weighted by Crippen LogP contribution is 2.34. The lowest BCUT2D eigenvalue weighted by molar-refractivity contribution is 0.0697. The number of hydrogen-bond donors (Lipinski definition) is 2. The average molecular weight is 267 g/mol. The molecule has 2 aromatic rings. The van der Waals surface area contributed by atoms with Crippen LogP contribution in [0.3, 0.4) is 0 Å². The molecule has 0 saturated heterocycles. The van der Waals surface area contributed by atoms with E-state index in [9.17, 15) is 4.79 Å². The van der Waals surface area contributed by atoms with Gasteiger partial charge in [-0.05, 0) is 12.1 Å². The highest BCUT2D eigenvalue weighted by molar-refractivity contribution is 7.80. The van der Waals surface area contributed by atoms with Crippen LogP contribution in [0.15, 0.2) is 17.0 Å². The van der Waals surface area contributed by atoms with Crippen molar-refractivity contribution in [1.29, 1.82) is 0 Å². The number of hydrogen-bond acceptors (Lipinski definition) is 4. The van der Waals surface area contributed by atoms with Crippen molar-refractivity contribution in [1.82, 2.24) is 4.98 Å². The van der Waals surface area contributed by atoms with Crippen LogP contribution < -0.4 is 0 Å². The number of fused-ring (bicyclic) bond motifs is 1. The average Bonchev–Trinajstić information content (AvgIpc) is 2.60. The Kier molecular flexibility index (Phi) is 2.91. The Morgan fingerprint density at radius 3 is 2.59 bits per heavy atom. The fourth-order valence-corrected chi connectivity index (χ4v) is 2.93. The van der Waals surface area contributed by atoms with E-state index in [4.69, 9.17) is 5.11 Å². The van der Waals surface area contributed by atoms with Crippen LogP contribution in [0.1, 0.15) is 36.1 Å². The van der Waals surface area contributed by atoms with Crippen LogP contribution in [0.4, 0.5) is 0 Å². The second-order valence-electron chi connectivity index (χ2n) is 4.92. The van der Waals surface area contributed by atoms with Gasteiger partial charge in [-0.25, -0.2) is 9.78 Å². The summed E-state index contributed by atoms with van der Waals surface area (Å²) in [5.41, 5.74) is 1.01. The molecule has 1 heterocycles. The van der Waals surface area contributed by atoms with Crippen molar-refractivity contribution in [2.45, 2.75) is 31.1 Å². The number of benzene rings is 1. The van der Waals surface area contributed by atoms with Crippen LogP contribution in [0.2, 0.25) is 0 Å². The van der Waals surface area contributed by atoms with Gasteiger partial charge in [-0.2, -0.15) is 0 Å². The van der Waals surface area contributed by atoms with Crippen molar-refractivity contribution in [2.24, 2.45) is 0 Å². The van der Waals surface area contributed by atoms with Gasteiger partial charge in [0.25, 0.3) is 0 Å². The highest BCUT2D eigenvalue weighted by Gasteiger charge is 2.20. The van der Waals surface area contributed by atoms with E-state index in [2.05, 4.69) is 38.4 Å². The molecule has 17 heavy (non-hydrogen) atoms. The summed E-state index contributed by atoms with van der Waals surface area (Å²) in [6, 6.07) is 3.20. The van der Waals surface area contributed by atoms with Crippen molar-refractivity contribution >= 4 is 40.2 Å². The van der Waals surface area contributed by atoms with Crippen LogP contribution in [0.5, 0.6) is 0 Å². The van der Waals surface area contributed by atoms with Crippen molar-refractivity contribution in [3.8, 4) is 0 Å². The summed E-state index contributed by atoms with van der Waals surface area (Å²) >= 11 is 5.83. The molecule has 0 amide bonds. The van der Waals surface area contributed by atoms with Crippen LogP contribution in [-0.2, 0) is 5.41 Å². The molecule has 0 bridgehead atoms. The number of carboxylic acid groups (broad SMARTS) is 1. The van der Waals surface area contributed by atoms with Crippen LogP contribution in [0, 0.1) is 0 Å². The first kappa shape index (κ1) is 12.4. The predicted octanol–water partition coefficient (Wildman–Crippen LogP) is 3.58. The van der Waals surface area contributed by atoms with Crippen LogP contribution in [-0.4, -0.2) is 16.1 Å². The van der Waals surface area contributed by atoms with E-state index < -0.39 is 5.97 Å². The molecule has 0 aliphatic heterocycles. The Labute approximate surface area is 109 Å². The number of nitrogens with zero attached hydrogens (tertiary/aromatic N) is 1. The Hall–Kier alpha value is -1.07. The minimum absolute atomic E-state index is 0.0344. The molecule has 1 aromatic heterocycles. The highest BCUT2D eigenvalue weighted by atomic mass is 32.1. The van der Waals surface area contributed by atoms with Gasteiger partial charge in [-0.1, -0.05) is 20.8 Å². The van der Waals surface area contributed by atoms with Crippen LogP contribution in [0.25, 0.3) is 10.2 Å². The van der Waals surface area contributed by atoms with E-state index in [1.165, 1.54) is 11.3 Å². The third-order valence-corrected chi connectivity index (χ3v) is 4.13. The number of carbonyl (C=O) groups is 1. The topological polar surface area (TPSA) is 50.2 Å². The fraction of sp³-hybridized carbons (Fsp3) is 0.333. The minimum Gasteiger partial charge on any atom is -0.478 e. The Bertz CT molecular complexity index is 596. The number of thiol groups is 1. The number of rotatable bonds is 1. The summed E-state index contributed by atoms with van der Waals surface area (Å²) in [5, 5.41) is 9.98. The summed E-state index contributed by atoms with van der Waals surface area (Å²) in [6.45, 7) is 6.25. The maximum atomic E-state index is 11.0. The molecule has 5 heteroatoms. The maximum Gasteiger partial charge on any atom is 0.335 e. The number of aromatic carboxylic acids is 1. The lowest BCUT2D eigenvalue weighted by Crippen LogP contribution is -2.09. The van der Waals surface area contributed by atoms with E-state index in [-0.39, 0.29) is 11.0 Å². The molecular weight excluding hydrogens is 254 g/mol. The standard InChI is InChI=1S/C12H13NO2S2/c1-12(2,3)11-13-9-7(16)4-6(10(14)15)5-8(9)17-11/h4-5,16H,1-3H3,(H,14,15). The lowest BCUT2D eigenvalue weighted by Gasteiger charge is -2.13. The van der Waals surface area contributed by atoms with Gasteiger partial charge >= 0.3 is 5.97 Å². The van der Waals surface area contributed by atoms with E-state index >= 15 is 0 Å². The second kappa shape index (κ2) is 3.99. The monoisotopic (exact) mass is 267 g/mol. The van der Waals surface area contributed by atoms with Gasteiger partial charge < -0.3 is 5.11 Å². The first-order valence-corrected chi connectivity index (χ1v) is 6.43. The molecule has 0 atom stereocenters. The van der Waals surface area contributed by atoms with Crippen molar-refractivity contribution in [3.63, 3.8) is 0 Å². The van der Waals surface area contributed by atoms with Crippen molar-refractivity contribution in [2.75, 3.05) is 0 Å². The van der Waals surface area contributed by atoms with Gasteiger partial charge in [0.2, 0.25) is 0 Å². The number of thiazole rings is 1. The molecule has 2 rings (SSSR count). The largest absolute Gasteiger partial charge is 0.478 e. The molecule has 0 aliphatic carbocycles. The van der Waals surface area contributed by atoms with Gasteiger partial charge in [0.15, 0.2) is 0 Å². The Balaban J connectivity index is 2.69. The van der Waals surface area contributed by atoms with E-state index in [0.29, 0.717) is 4.90 Å². The number of aromatic nitrogens is 1. The second-order valence-corrected chi connectivity index (χ2v) is 6.43. The van der Waals surface area contributed by atoms with Crippen molar-refractivity contribution in [3.05, 3.63) is 22.7 Å². The van der Waals surface area contributed by atoms with Gasteiger partial charge in [-0.15, -0.1) is 24.0 Å². The zero-order valence-electron chi connectivity index (χ0n) is 9.81. The quantitative estimate of drug-likeness (QED) is 0.776. The normalized spacial score (nSPS) is 12.0. The first-order chi connectivity index (χ1) is 7.79. The molecule has 0 spiro atoms. The van der Waals surface area contributed by atoms with E-state index in [1.807, 2.05) is 0 Å². The first-order valence-electron chi connectivity index (χ1n) is 5.16. The molecule has 1 N–H and O–H groups in total. The molecule has 0 aliphatic rings. The molecule has 3 nitrogen and oxygen atoms in total. The summed E-state index contributed by atoms with van der Waals surface area (Å²) < 4.78 is 0.875. The van der Waals surface area contributed by atoms with Gasteiger partial charge in [0.1, 0.15) is 0 Å². The van der Waals surface area contributed by atoms with E-state index in [0.717, 1.165) is 15.2 Å². The molecule has 90 valence electrons. The summed E-state index contributed by atoms with van der Waals surface area (Å²) in [6.07, 6.45) is 0. The molecule has 0 fully saturated rings.